The molecule has 0 radical (unpaired) electrons. The molecular formula is C28H18Cl2FN3O5S2. The summed E-state index contributed by atoms with van der Waals surface area (Å²) >= 11 is 14.1. The maximum Gasteiger partial charge on any atom is 0.305 e. The molecule has 8 nitrogen and oxygen atoms in total. The molecule has 4 aromatic rings. The van der Waals surface area contributed by atoms with Gasteiger partial charge >= 0.3 is 4.87 Å². The van der Waals surface area contributed by atoms with Gasteiger partial charge in [0, 0.05) is 16.5 Å². The number of carbonyl (C=O) groups excluding carboxylic acids is 3. The largest absolute Gasteiger partial charge is 0.484 e. The van der Waals surface area contributed by atoms with Crippen molar-refractivity contribution in [2.24, 2.45) is 5.92 Å². The molecule has 1 aromatic heterocycles. The van der Waals surface area contributed by atoms with Crippen LogP contribution in [-0.2, 0) is 14.4 Å². The number of hydrogen-bond acceptors (Lipinski definition) is 7. The highest BCUT2D eigenvalue weighted by Crippen LogP contribution is 2.53. The predicted octanol–water partition coefficient (Wildman–Crippen LogP) is 5.70. The smallest absolute Gasteiger partial charge is 0.305 e. The fourth-order valence-electron chi connectivity index (χ4n) is 4.94. The lowest BCUT2D eigenvalue weighted by molar-refractivity contribution is -0.122. The summed E-state index contributed by atoms with van der Waals surface area (Å²) < 4.78 is 19.3. The molecule has 0 saturated carbocycles. The third-order valence-electron chi connectivity index (χ3n) is 6.70. The summed E-state index contributed by atoms with van der Waals surface area (Å²) in [6.07, 6.45) is 0. The number of anilines is 2. The fraction of sp³-hybridized carbons (Fsp3) is 0.143. The van der Waals surface area contributed by atoms with Gasteiger partial charge in [-0.1, -0.05) is 58.4 Å². The van der Waals surface area contributed by atoms with Crippen LogP contribution < -0.4 is 19.8 Å². The molecule has 208 valence electrons. The lowest BCUT2D eigenvalue weighted by Crippen LogP contribution is -2.32. The average Bonchev–Trinajstić information content (AvgIpc) is 3.44. The van der Waals surface area contributed by atoms with E-state index in [1.807, 2.05) is 0 Å². The number of aromatic amines is 1. The van der Waals surface area contributed by atoms with E-state index in [1.54, 1.807) is 36.4 Å². The Morgan fingerprint density at radius 3 is 2.54 bits per heavy atom. The fourth-order valence-corrected chi connectivity index (χ4v) is 7.75. The number of thiazole rings is 1. The molecule has 1 saturated heterocycles. The van der Waals surface area contributed by atoms with Crippen LogP contribution in [0.5, 0.6) is 5.75 Å². The first-order valence-corrected chi connectivity index (χ1v) is 14.7. The van der Waals surface area contributed by atoms with Gasteiger partial charge in [0.15, 0.2) is 6.61 Å². The highest BCUT2D eigenvalue weighted by Gasteiger charge is 2.56. The number of carbonyl (C=O) groups is 3. The molecule has 3 amide bonds. The summed E-state index contributed by atoms with van der Waals surface area (Å²) in [5, 5.41) is 3.07. The van der Waals surface area contributed by atoms with Crippen LogP contribution >= 0.6 is 46.3 Å². The summed E-state index contributed by atoms with van der Waals surface area (Å²) in [5.41, 5.74) is 1.37. The molecule has 2 unspecified atom stereocenters. The second-order valence-corrected chi connectivity index (χ2v) is 12.3. The van der Waals surface area contributed by atoms with Crippen molar-refractivity contribution in [2.45, 2.75) is 16.2 Å². The number of amides is 3. The van der Waals surface area contributed by atoms with Gasteiger partial charge in [0.05, 0.1) is 26.7 Å². The molecule has 0 bridgehead atoms. The SMILES string of the molecule is O=C(COc1cccc([C@H]2c3sc(=O)[nH]c3SC3C(=O)N(c4ccc(F)cc4)C(=O)C32)c1)Nc1ccc(Cl)c(Cl)c1. The van der Waals surface area contributed by atoms with E-state index in [4.69, 9.17) is 27.9 Å². The summed E-state index contributed by atoms with van der Waals surface area (Å²) in [5.74, 6) is -2.88. The lowest BCUT2D eigenvalue weighted by Gasteiger charge is -2.30. The van der Waals surface area contributed by atoms with Crippen LogP contribution in [0.2, 0.25) is 10.0 Å². The number of H-pyrrole nitrogens is 1. The van der Waals surface area contributed by atoms with Crippen molar-refractivity contribution >= 4 is 75.4 Å². The van der Waals surface area contributed by atoms with E-state index in [0.717, 1.165) is 28.0 Å². The number of imide groups is 1. The van der Waals surface area contributed by atoms with Gasteiger partial charge in [0.1, 0.15) is 16.8 Å². The van der Waals surface area contributed by atoms with Crippen molar-refractivity contribution in [1.82, 2.24) is 4.98 Å². The van der Waals surface area contributed by atoms with Gasteiger partial charge in [0.2, 0.25) is 11.8 Å². The molecule has 13 heteroatoms. The third-order valence-corrected chi connectivity index (χ3v) is 9.84. The maximum absolute atomic E-state index is 13.8. The first-order chi connectivity index (χ1) is 19.7. The van der Waals surface area contributed by atoms with Crippen molar-refractivity contribution in [3.8, 4) is 5.75 Å². The molecule has 0 aliphatic carbocycles. The van der Waals surface area contributed by atoms with Gasteiger partial charge in [0.25, 0.3) is 5.91 Å². The maximum atomic E-state index is 13.8. The number of aromatic nitrogens is 1. The predicted molar refractivity (Wildman–Crippen MR) is 156 cm³/mol. The monoisotopic (exact) mass is 629 g/mol. The molecule has 2 aliphatic rings. The van der Waals surface area contributed by atoms with Gasteiger partial charge in [-0.05, 0) is 60.2 Å². The van der Waals surface area contributed by atoms with Crippen LogP contribution in [0.1, 0.15) is 16.4 Å². The van der Waals surface area contributed by atoms with Crippen molar-refractivity contribution in [3.63, 3.8) is 0 Å². The Hall–Kier alpha value is -3.64. The van der Waals surface area contributed by atoms with E-state index in [-0.39, 0.29) is 17.2 Å². The van der Waals surface area contributed by atoms with Crippen molar-refractivity contribution in [3.05, 3.63) is 103 Å². The molecule has 0 spiro atoms. The summed E-state index contributed by atoms with van der Waals surface area (Å²) in [6.45, 7) is -0.311. The quantitative estimate of drug-likeness (QED) is 0.265. The summed E-state index contributed by atoms with van der Waals surface area (Å²) in [4.78, 5) is 56.3. The zero-order chi connectivity index (χ0) is 28.8. The second-order valence-electron chi connectivity index (χ2n) is 9.28. The number of thioether (sulfide) groups is 1. The Bertz CT molecular complexity index is 1760. The molecule has 3 atom stereocenters. The van der Waals surface area contributed by atoms with E-state index in [9.17, 15) is 23.6 Å². The molecule has 2 N–H and O–H groups in total. The zero-order valence-corrected chi connectivity index (χ0v) is 23.9. The first-order valence-electron chi connectivity index (χ1n) is 12.2. The number of fused-ring (bicyclic) bond motifs is 2. The molecule has 2 aliphatic heterocycles. The number of halogens is 3. The molecule has 41 heavy (non-hydrogen) atoms. The van der Waals surface area contributed by atoms with Gasteiger partial charge in [-0.25, -0.2) is 9.29 Å². The Labute approximate surface area is 250 Å². The molecule has 3 aromatic carbocycles. The number of benzene rings is 3. The number of nitrogens with one attached hydrogen (secondary N) is 2. The number of hydrogen-bond donors (Lipinski definition) is 2. The average molecular weight is 631 g/mol. The van der Waals surface area contributed by atoms with Crippen LogP contribution in [-0.4, -0.2) is 34.6 Å². The van der Waals surface area contributed by atoms with E-state index in [0.29, 0.717) is 36.9 Å². The minimum atomic E-state index is -0.815. The Kier molecular flexibility index (Phi) is 7.37. The van der Waals surface area contributed by atoms with Crippen LogP contribution in [0.25, 0.3) is 0 Å². The van der Waals surface area contributed by atoms with Gasteiger partial charge in [-0.15, -0.1) is 0 Å². The van der Waals surface area contributed by atoms with Gasteiger partial charge in [-0.3, -0.25) is 19.2 Å². The minimum absolute atomic E-state index is 0.275. The van der Waals surface area contributed by atoms with E-state index in [2.05, 4.69) is 10.3 Å². The Morgan fingerprint density at radius 1 is 1.00 bits per heavy atom. The van der Waals surface area contributed by atoms with E-state index >= 15 is 0 Å². The van der Waals surface area contributed by atoms with E-state index < -0.39 is 40.6 Å². The van der Waals surface area contributed by atoms with Crippen molar-refractivity contribution in [2.75, 3.05) is 16.8 Å². The van der Waals surface area contributed by atoms with Crippen molar-refractivity contribution in [1.29, 1.82) is 0 Å². The van der Waals surface area contributed by atoms with Gasteiger partial charge in [-0.2, -0.15) is 0 Å². The molecule has 3 heterocycles. The topological polar surface area (TPSA) is 109 Å². The van der Waals surface area contributed by atoms with E-state index in [1.165, 1.54) is 30.3 Å². The Morgan fingerprint density at radius 2 is 1.78 bits per heavy atom. The molecular weight excluding hydrogens is 612 g/mol. The number of ether oxygens (including phenoxy) is 1. The molecule has 6 rings (SSSR count). The standard InChI is InChI=1S/C28H18Cl2FN3O5S2/c29-18-9-6-15(11-19(18)30)32-20(35)12-39-17-3-1-2-13(10-17)21-22-24(40-25-23(21)41-28(38)33-25)27(37)34(26(22)36)16-7-4-14(31)5-8-16/h1-11,21-22,24H,12H2,(H,32,35)(H,33,38)/t21-,22?,24?/m1/s1. The molecule has 1 fully saturated rings. The van der Waals surface area contributed by atoms with Crippen molar-refractivity contribution < 1.29 is 23.5 Å². The highest BCUT2D eigenvalue weighted by atomic mass is 35.5. The second kappa shape index (κ2) is 11.0. The summed E-state index contributed by atoms with van der Waals surface area (Å²) in [6, 6.07) is 16.7. The highest BCUT2D eigenvalue weighted by molar-refractivity contribution is 8.00. The zero-order valence-electron chi connectivity index (χ0n) is 20.7. The number of nitrogens with zero attached hydrogens (tertiary/aromatic N) is 1. The van der Waals surface area contributed by atoms with Gasteiger partial charge < -0.3 is 15.0 Å². The first kappa shape index (κ1) is 27.5. The number of rotatable bonds is 6. The van der Waals surface area contributed by atoms with Crippen LogP contribution in [0, 0.1) is 11.7 Å². The van der Waals surface area contributed by atoms with Crippen LogP contribution in [0.4, 0.5) is 15.8 Å². The Balaban J connectivity index is 1.27. The lowest BCUT2D eigenvalue weighted by atomic mass is 9.83. The van der Waals surface area contributed by atoms with Crippen LogP contribution in [0.15, 0.2) is 76.6 Å². The van der Waals surface area contributed by atoms with Crippen LogP contribution in [0.3, 0.4) is 0 Å². The normalized spacial score (nSPS) is 19.6. The third kappa shape index (κ3) is 5.26. The summed E-state index contributed by atoms with van der Waals surface area (Å²) in [7, 11) is 0. The minimum Gasteiger partial charge on any atom is -0.484 e.